The lowest BCUT2D eigenvalue weighted by Gasteiger charge is -2.20. The molecule has 0 aliphatic heterocycles. The Morgan fingerprint density at radius 1 is 1.18 bits per heavy atom. The lowest BCUT2D eigenvalue weighted by atomic mass is 10.0. The maximum Gasteiger partial charge on any atom is 0.358 e. The number of methoxy groups -OCH3 is 1. The second kappa shape index (κ2) is 8.90. The molecule has 0 spiro atoms. The molecule has 0 unspecified atom stereocenters. The van der Waals surface area contributed by atoms with Gasteiger partial charge in [-0.2, -0.15) is 0 Å². The van der Waals surface area contributed by atoms with Crippen molar-refractivity contribution in [2.45, 2.75) is 33.7 Å². The third-order valence-electron chi connectivity index (χ3n) is 5.54. The summed E-state index contributed by atoms with van der Waals surface area (Å²) >= 11 is 5.98. The summed E-state index contributed by atoms with van der Waals surface area (Å²) in [7, 11) is 2.94. The van der Waals surface area contributed by atoms with Gasteiger partial charge in [0.25, 0.3) is 5.56 Å². The minimum atomic E-state index is -0.614. The molecule has 0 aliphatic rings. The number of ether oxygens (including phenoxy) is 1. The molecule has 3 aromatic heterocycles. The minimum Gasteiger partial charge on any atom is -0.464 e. The molecule has 9 nitrogen and oxygen atoms in total. The van der Waals surface area contributed by atoms with Gasteiger partial charge in [-0.15, -0.1) is 0 Å². The first-order chi connectivity index (χ1) is 16.1. The average molecular weight is 482 g/mol. The van der Waals surface area contributed by atoms with E-state index in [-0.39, 0.29) is 22.4 Å². The minimum absolute atomic E-state index is 0.0659. The zero-order valence-corrected chi connectivity index (χ0v) is 20.4. The number of nitrogens with one attached hydrogen (secondary N) is 1. The van der Waals surface area contributed by atoms with Crippen molar-refractivity contribution in [3.05, 3.63) is 68.2 Å². The van der Waals surface area contributed by atoms with Gasteiger partial charge in [0.05, 0.1) is 35.4 Å². The molecule has 0 radical (unpaired) electrons. The molecule has 4 rings (SSSR count). The molecule has 1 N–H and O–H groups in total. The normalized spacial score (nSPS) is 12.1. The fourth-order valence-electron chi connectivity index (χ4n) is 3.94. The van der Waals surface area contributed by atoms with Crippen molar-refractivity contribution in [3.8, 4) is 11.6 Å². The molecule has 10 heteroatoms. The Labute approximate surface area is 200 Å². The first-order valence-electron chi connectivity index (χ1n) is 10.6. The molecule has 0 aliphatic carbocycles. The molecule has 0 saturated heterocycles. The van der Waals surface area contributed by atoms with Crippen molar-refractivity contribution < 1.29 is 13.9 Å². The van der Waals surface area contributed by atoms with Crippen LogP contribution >= 0.6 is 11.6 Å². The number of esters is 1. The number of pyridine rings is 1. The molecule has 1 atom stereocenters. The first-order valence-corrected chi connectivity index (χ1v) is 11.0. The maximum absolute atomic E-state index is 13.3. The highest BCUT2D eigenvalue weighted by molar-refractivity contribution is 6.29. The topological polar surface area (TPSA) is 112 Å². The molecule has 0 bridgehead atoms. The van der Waals surface area contributed by atoms with Crippen LogP contribution in [0.2, 0.25) is 5.15 Å². The van der Waals surface area contributed by atoms with Gasteiger partial charge in [0, 0.05) is 19.5 Å². The SMILES string of the molecule is COC(=O)c1nc(Cl)ccc1N[C@H](C)c1cc(C)cc2c(=O)n(C)c(-c3oc(C)nc3C)nc12. The van der Waals surface area contributed by atoms with Gasteiger partial charge in [0.1, 0.15) is 5.15 Å². The molecule has 0 fully saturated rings. The van der Waals surface area contributed by atoms with E-state index in [9.17, 15) is 9.59 Å². The van der Waals surface area contributed by atoms with Gasteiger partial charge in [-0.3, -0.25) is 9.36 Å². The highest BCUT2D eigenvalue weighted by Gasteiger charge is 2.22. The molecule has 0 amide bonds. The van der Waals surface area contributed by atoms with E-state index in [1.165, 1.54) is 11.7 Å². The average Bonchev–Trinajstić information content (AvgIpc) is 3.14. The number of halogens is 1. The van der Waals surface area contributed by atoms with Crippen LogP contribution in [0.15, 0.2) is 33.5 Å². The number of rotatable bonds is 5. The lowest BCUT2D eigenvalue weighted by molar-refractivity contribution is 0.0595. The standard InChI is InChI=1S/C24H24ClN5O4/c1-11-9-15(12(2)27-17-7-8-18(25)28-20(17)24(32)33-6)19-16(10-11)23(31)30(5)22(29-19)21-13(3)26-14(4)34-21/h7-10,12,27H,1-6H3/t12-/m1/s1. The van der Waals surface area contributed by atoms with E-state index in [0.717, 1.165) is 11.1 Å². The van der Waals surface area contributed by atoms with E-state index < -0.39 is 5.97 Å². The Morgan fingerprint density at radius 2 is 1.91 bits per heavy atom. The molecule has 4 aromatic rings. The van der Waals surface area contributed by atoms with Crippen LogP contribution in [-0.4, -0.2) is 32.6 Å². The molecular weight excluding hydrogens is 458 g/mol. The number of carbonyl (C=O) groups is 1. The number of hydrogen-bond acceptors (Lipinski definition) is 8. The summed E-state index contributed by atoms with van der Waals surface area (Å²) in [6.45, 7) is 7.38. The Hall–Kier alpha value is -3.72. The number of oxazole rings is 1. The van der Waals surface area contributed by atoms with Crippen LogP contribution in [0.4, 0.5) is 5.69 Å². The second-order valence-corrected chi connectivity index (χ2v) is 8.47. The summed E-state index contributed by atoms with van der Waals surface area (Å²) in [5.41, 5.74) is 3.16. The summed E-state index contributed by atoms with van der Waals surface area (Å²) in [5.74, 6) is 0.709. The van der Waals surface area contributed by atoms with Crippen LogP contribution in [0.5, 0.6) is 0 Å². The number of carbonyl (C=O) groups excluding carboxylic acids is 1. The Kier molecular flexibility index (Phi) is 6.14. The Morgan fingerprint density at radius 3 is 2.56 bits per heavy atom. The van der Waals surface area contributed by atoms with Gasteiger partial charge >= 0.3 is 5.97 Å². The van der Waals surface area contributed by atoms with Crippen LogP contribution in [0.1, 0.15) is 46.2 Å². The Balaban J connectivity index is 1.89. The van der Waals surface area contributed by atoms with Crippen LogP contribution < -0.4 is 10.9 Å². The lowest BCUT2D eigenvalue weighted by Crippen LogP contribution is -2.22. The summed E-state index contributed by atoms with van der Waals surface area (Å²) in [4.78, 5) is 38.8. The number of aromatic nitrogens is 4. The van der Waals surface area contributed by atoms with Crippen molar-refractivity contribution in [1.82, 2.24) is 19.5 Å². The summed E-state index contributed by atoms with van der Waals surface area (Å²) in [6.07, 6.45) is 0. The van der Waals surface area contributed by atoms with Gasteiger partial charge in [0.2, 0.25) is 0 Å². The number of benzene rings is 1. The van der Waals surface area contributed by atoms with Crippen molar-refractivity contribution in [1.29, 1.82) is 0 Å². The van der Waals surface area contributed by atoms with Gasteiger partial charge in [-0.05, 0) is 44.5 Å². The number of nitrogens with zero attached hydrogens (tertiary/aromatic N) is 4. The van der Waals surface area contributed by atoms with Crippen molar-refractivity contribution in [3.63, 3.8) is 0 Å². The van der Waals surface area contributed by atoms with Gasteiger partial charge in [-0.1, -0.05) is 17.7 Å². The van der Waals surface area contributed by atoms with Gasteiger partial charge in [0.15, 0.2) is 23.2 Å². The molecule has 34 heavy (non-hydrogen) atoms. The van der Waals surface area contributed by atoms with E-state index in [2.05, 4.69) is 15.3 Å². The van der Waals surface area contributed by atoms with Crippen molar-refractivity contribution in [2.75, 3.05) is 12.4 Å². The molecule has 3 heterocycles. The highest BCUT2D eigenvalue weighted by atomic mass is 35.5. The number of hydrogen-bond donors (Lipinski definition) is 1. The predicted octanol–water partition coefficient (Wildman–Crippen LogP) is 4.52. The largest absolute Gasteiger partial charge is 0.464 e. The Bertz CT molecular complexity index is 1490. The van der Waals surface area contributed by atoms with E-state index in [4.69, 9.17) is 25.7 Å². The fraction of sp³-hybridized carbons (Fsp3) is 0.292. The number of fused-ring (bicyclic) bond motifs is 1. The molecule has 1 aromatic carbocycles. The quantitative estimate of drug-likeness (QED) is 0.327. The predicted molar refractivity (Wildman–Crippen MR) is 129 cm³/mol. The fourth-order valence-corrected chi connectivity index (χ4v) is 4.09. The zero-order valence-electron chi connectivity index (χ0n) is 19.7. The van der Waals surface area contributed by atoms with Crippen LogP contribution in [0, 0.1) is 20.8 Å². The van der Waals surface area contributed by atoms with E-state index in [1.807, 2.05) is 32.9 Å². The molecule has 0 saturated carbocycles. The number of anilines is 1. The molecular formula is C24H24ClN5O4. The third-order valence-corrected chi connectivity index (χ3v) is 5.75. The van der Waals surface area contributed by atoms with Gasteiger partial charge in [-0.25, -0.2) is 19.7 Å². The smallest absolute Gasteiger partial charge is 0.358 e. The maximum atomic E-state index is 13.3. The van der Waals surface area contributed by atoms with Crippen LogP contribution in [0.3, 0.4) is 0 Å². The summed E-state index contributed by atoms with van der Waals surface area (Å²) in [5, 5.41) is 3.94. The molecule has 176 valence electrons. The van der Waals surface area contributed by atoms with Crippen LogP contribution in [0.25, 0.3) is 22.5 Å². The van der Waals surface area contributed by atoms with Crippen molar-refractivity contribution >= 4 is 34.2 Å². The number of aryl methyl sites for hydroxylation is 3. The zero-order chi connectivity index (χ0) is 24.7. The van der Waals surface area contributed by atoms with Gasteiger partial charge < -0.3 is 14.5 Å². The van der Waals surface area contributed by atoms with E-state index in [0.29, 0.717) is 39.8 Å². The highest BCUT2D eigenvalue weighted by Crippen LogP contribution is 2.30. The van der Waals surface area contributed by atoms with E-state index >= 15 is 0 Å². The second-order valence-electron chi connectivity index (χ2n) is 8.09. The summed E-state index contributed by atoms with van der Waals surface area (Å²) in [6, 6.07) is 6.66. The monoisotopic (exact) mass is 481 g/mol. The third kappa shape index (κ3) is 4.14. The van der Waals surface area contributed by atoms with Crippen molar-refractivity contribution in [2.24, 2.45) is 7.05 Å². The van der Waals surface area contributed by atoms with Crippen LogP contribution in [-0.2, 0) is 11.8 Å². The first kappa shape index (κ1) is 23.4. The van der Waals surface area contributed by atoms with E-state index in [1.54, 1.807) is 26.1 Å². The summed E-state index contributed by atoms with van der Waals surface area (Å²) < 4.78 is 12.1.